The first-order chi connectivity index (χ1) is 5.76. The highest BCUT2D eigenvalue weighted by atomic mass is 35.5. The van der Waals surface area contributed by atoms with Gasteiger partial charge in [-0.25, -0.2) is 4.98 Å². The molecule has 0 fully saturated rings. The topological polar surface area (TPSA) is 24.9 Å². The number of thiazole rings is 1. The van der Waals surface area contributed by atoms with Crippen LogP contribution in [0.15, 0.2) is 5.38 Å². The summed E-state index contributed by atoms with van der Waals surface area (Å²) in [7, 11) is 0. The van der Waals surface area contributed by atoms with Crippen molar-refractivity contribution < 1.29 is 0 Å². The summed E-state index contributed by atoms with van der Waals surface area (Å²) in [4.78, 5) is 4.02. The SMILES string of the molecule is C#CC(CC)Nc1nc(Cl)cs1. The number of anilines is 1. The highest BCUT2D eigenvalue weighted by Gasteiger charge is 2.04. The lowest BCUT2D eigenvalue weighted by Gasteiger charge is -2.07. The van der Waals surface area contributed by atoms with Gasteiger partial charge in [-0.15, -0.1) is 17.8 Å². The molecule has 0 aliphatic carbocycles. The third-order valence-corrected chi connectivity index (χ3v) is 2.48. The van der Waals surface area contributed by atoms with Gasteiger partial charge in [0.1, 0.15) is 5.15 Å². The lowest BCUT2D eigenvalue weighted by atomic mass is 10.2. The van der Waals surface area contributed by atoms with Crippen molar-refractivity contribution in [2.24, 2.45) is 0 Å². The van der Waals surface area contributed by atoms with Gasteiger partial charge in [-0.1, -0.05) is 24.4 Å². The second-order valence-corrected chi connectivity index (χ2v) is 3.49. The maximum atomic E-state index is 5.64. The molecule has 4 heteroatoms. The van der Waals surface area contributed by atoms with E-state index in [9.17, 15) is 0 Å². The zero-order valence-corrected chi connectivity index (χ0v) is 8.25. The fourth-order valence-electron chi connectivity index (χ4n) is 0.731. The van der Waals surface area contributed by atoms with Crippen LogP contribution in [0.5, 0.6) is 0 Å². The minimum Gasteiger partial charge on any atom is -0.348 e. The summed E-state index contributed by atoms with van der Waals surface area (Å²) < 4.78 is 0. The molecule has 0 radical (unpaired) electrons. The van der Waals surface area contributed by atoms with Crippen molar-refractivity contribution in [3.63, 3.8) is 0 Å². The number of nitrogens with zero attached hydrogens (tertiary/aromatic N) is 1. The molecule has 64 valence electrons. The van der Waals surface area contributed by atoms with Crippen molar-refractivity contribution in [3.05, 3.63) is 10.5 Å². The van der Waals surface area contributed by atoms with Crippen LogP contribution in [0.2, 0.25) is 5.15 Å². The van der Waals surface area contributed by atoms with E-state index in [0.717, 1.165) is 11.6 Å². The lowest BCUT2D eigenvalue weighted by molar-refractivity contribution is 0.856. The minimum atomic E-state index is 0.0483. The summed E-state index contributed by atoms with van der Waals surface area (Å²) in [5.41, 5.74) is 0. The van der Waals surface area contributed by atoms with Gasteiger partial charge >= 0.3 is 0 Å². The first-order valence-corrected chi connectivity index (χ1v) is 4.85. The van der Waals surface area contributed by atoms with E-state index < -0.39 is 0 Å². The smallest absolute Gasteiger partial charge is 0.185 e. The Morgan fingerprint density at radius 2 is 2.67 bits per heavy atom. The van der Waals surface area contributed by atoms with E-state index in [1.54, 1.807) is 5.38 Å². The molecule has 1 atom stereocenters. The molecule has 1 N–H and O–H groups in total. The van der Waals surface area contributed by atoms with Crippen LogP contribution in [0.4, 0.5) is 5.13 Å². The van der Waals surface area contributed by atoms with Crippen molar-refractivity contribution in [2.45, 2.75) is 19.4 Å². The van der Waals surface area contributed by atoms with E-state index in [0.29, 0.717) is 5.15 Å². The zero-order chi connectivity index (χ0) is 8.97. The molecule has 0 saturated heterocycles. The van der Waals surface area contributed by atoms with Crippen LogP contribution in [0.25, 0.3) is 0 Å². The maximum Gasteiger partial charge on any atom is 0.185 e. The van der Waals surface area contributed by atoms with Gasteiger partial charge in [0.25, 0.3) is 0 Å². The summed E-state index contributed by atoms with van der Waals surface area (Å²) in [5, 5.41) is 6.15. The Labute approximate surface area is 81.0 Å². The number of rotatable bonds is 3. The Hall–Kier alpha value is -0.720. The molecule has 1 aromatic heterocycles. The second-order valence-electron chi connectivity index (χ2n) is 2.25. The number of aromatic nitrogens is 1. The predicted octanol–water partition coefficient (Wildman–Crippen LogP) is 2.62. The van der Waals surface area contributed by atoms with Crippen molar-refractivity contribution in [1.29, 1.82) is 0 Å². The molecule has 0 bridgehead atoms. The monoisotopic (exact) mass is 200 g/mol. The molecule has 0 spiro atoms. The van der Waals surface area contributed by atoms with Crippen LogP contribution in [0.1, 0.15) is 13.3 Å². The third-order valence-electron chi connectivity index (χ3n) is 1.38. The number of hydrogen-bond acceptors (Lipinski definition) is 3. The van der Waals surface area contributed by atoms with Gasteiger partial charge in [0, 0.05) is 5.38 Å². The average Bonchev–Trinajstić information content (AvgIpc) is 2.47. The number of terminal acetylenes is 1. The largest absolute Gasteiger partial charge is 0.348 e. The highest BCUT2D eigenvalue weighted by Crippen LogP contribution is 2.19. The van der Waals surface area contributed by atoms with Crippen LogP contribution in [-0.2, 0) is 0 Å². The molecule has 0 aliphatic rings. The van der Waals surface area contributed by atoms with E-state index in [2.05, 4.69) is 16.2 Å². The normalized spacial score (nSPS) is 12.1. The Balaban J connectivity index is 2.58. The summed E-state index contributed by atoms with van der Waals surface area (Å²) in [6.45, 7) is 2.02. The Kier molecular flexibility index (Phi) is 3.39. The van der Waals surface area contributed by atoms with Gasteiger partial charge in [-0.3, -0.25) is 0 Å². The fourth-order valence-corrected chi connectivity index (χ4v) is 1.62. The summed E-state index contributed by atoms with van der Waals surface area (Å²) in [6.07, 6.45) is 6.15. The molecule has 0 aromatic carbocycles. The highest BCUT2D eigenvalue weighted by molar-refractivity contribution is 7.14. The van der Waals surface area contributed by atoms with Gasteiger partial charge in [-0.05, 0) is 6.42 Å². The zero-order valence-electron chi connectivity index (χ0n) is 6.67. The molecule has 12 heavy (non-hydrogen) atoms. The van der Waals surface area contributed by atoms with Crippen LogP contribution >= 0.6 is 22.9 Å². The van der Waals surface area contributed by atoms with Crippen LogP contribution < -0.4 is 5.32 Å². The third kappa shape index (κ3) is 2.40. The standard InChI is InChI=1S/C8H9ClN2S/c1-3-6(4-2)10-8-11-7(9)5-12-8/h1,5-6H,4H2,2H3,(H,10,11). The van der Waals surface area contributed by atoms with Gasteiger partial charge in [0.05, 0.1) is 6.04 Å². The van der Waals surface area contributed by atoms with Crippen molar-refractivity contribution in [2.75, 3.05) is 5.32 Å². The molecule has 0 amide bonds. The molecule has 2 nitrogen and oxygen atoms in total. The van der Waals surface area contributed by atoms with Crippen molar-refractivity contribution in [1.82, 2.24) is 4.98 Å². The van der Waals surface area contributed by atoms with E-state index in [-0.39, 0.29) is 6.04 Å². The van der Waals surface area contributed by atoms with Crippen LogP contribution in [0.3, 0.4) is 0 Å². The number of hydrogen-bond donors (Lipinski definition) is 1. The minimum absolute atomic E-state index is 0.0483. The lowest BCUT2D eigenvalue weighted by Crippen LogP contribution is -2.15. The first kappa shape index (κ1) is 9.37. The van der Waals surface area contributed by atoms with Gasteiger partial charge in [-0.2, -0.15) is 0 Å². The molecular formula is C8H9ClN2S. The van der Waals surface area contributed by atoms with E-state index in [1.165, 1.54) is 11.3 Å². The predicted molar refractivity (Wildman–Crippen MR) is 53.7 cm³/mol. The fraction of sp³-hybridized carbons (Fsp3) is 0.375. The van der Waals surface area contributed by atoms with E-state index in [1.807, 2.05) is 6.92 Å². The van der Waals surface area contributed by atoms with Crippen molar-refractivity contribution >= 4 is 28.1 Å². The van der Waals surface area contributed by atoms with Gasteiger partial charge in [0.15, 0.2) is 5.13 Å². The van der Waals surface area contributed by atoms with Gasteiger partial charge < -0.3 is 5.32 Å². The molecule has 1 aromatic rings. The molecule has 0 saturated carbocycles. The Bertz CT molecular complexity index is 289. The maximum absolute atomic E-state index is 5.64. The summed E-state index contributed by atoms with van der Waals surface area (Å²) in [5.74, 6) is 2.62. The van der Waals surface area contributed by atoms with Crippen LogP contribution in [-0.4, -0.2) is 11.0 Å². The molecule has 1 unspecified atom stereocenters. The van der Waals surface area contributed by atoms with E-state index in [4.69, 9.17) is 18.0 Å². The number of nitrogens with one attached hydrogen (secondary N) is 1. The molecule has 1 heterocycles. The summed E-state index contributed by atoms with van der Waals surface area (Å²) >= 11 is 7.10. The number of halogens is 1. The molecular weight excluding hydrogens is 192 g/mol. The average molecular weight is 201 g/mol. The molecule has 1 rings (SSSR count). The van der Waals surface area contributed by atoms with Gasteiger partial charge in [0.2, 0.25) is 0 Å². The Morgan fingerprint density at radius 3 is 3.08 bits per heavy atom. The second kappa shape index (κ2) is 4.34. The molecule has 0 aliphatic heterocycles. The Morgan fingerprint density at radius 1 is 1.92 bits per heavy atom. The summed E-state index contributed by atoms with van der Waals surface area (Å²) in [6, 6.07) is 0.0483. The first-order valence-electron chi connectivity index (χ1n) is 3.60. The van der Waals surface area contributed by atoms with Crippen molar-refractivity contribution in [3.8, 4) is 12.3 Å². The quantitative estimate of drug-likeness (QED) is 0.759. The van der Waals surface area contributed by atoms with Crippen LogP contribution in [0, 0.1) is 12.3 Å². The van der Waals surface area contributed by atoms with E-state index >= 15 is 0 Å².